The van der Waals surface area contributed by atoms with Crippen LogP contribution in [-0.4, -0.2) is 36.5 Å². The first kappa shape index (κ1) is 23.5. The number of ketones is 1. The molecule has 0 spiro atoms. The number of carbonyl (C=O) groups is 3. The van der Waals surface area contributed by atoms with Crippen molar-refractivity contribution < 1.29 is 29.0 Å². The Balaban J connectivity index is 1.83. The summed E-state index contributed by atoms with van der Waals surface area (Å²) < 4.78 is 10.1. The van der Waals surface area contributed by atoms with Crippen molar-refractivity contribution in [3.8, 4) is 0 Å². The van der Waals surface area contributed by atoms with Crippen molar-refractivity contribution >= 4 is 17.7 Å². The summed E-state index contributed by atoms with van der Waals surface area (Å²) >= 11 is 0. The summed E-state index contributed by atoms with van der Waals surface area (Å²) in [4.78, 5) is 36.6. The quantitative estimate of drug-likeness (QED) is 0.685. The van der Waals surface area contributed by atoms with E-state index in [0.717, 1.165) is 30.4 Å². The second-order valence-electron chi connectivity index (χ2n) is 10.2. The van der Waals surface area contributed by atoms with Crippen LogP contribution in [0.5, 0.6) is 0 Å². The predicted octanol–water partition coefficient (Wildman–Crippen LogP) is 4.06. The third-order valence-electron chi connectivity index (χ3n) is 7.41. The maximum absolute atomic E-state index is 13.2. The Morgan fingerprint density at radius 2 is 1.84 bits per heavy atom. The molecule has 1 fully saturated rings. The summed E-state index contributed by atoms with van der Waals surface area (Å²) in [5.41, 5.74) is 0.942. The Morgan fingerprint density at radius 1 is 1.16 bits per heavy atom. The van der Waals surface area contributed by atoms with Gasteiger partial charge in [0.1, 0.15) is 0 Å². The number of rotatable bonds is 6. The van der Waals surface area contributed by atoms with Gasteiger partial charge in [0.15, 0.2) is 5.78 Å². The van der Waals surface area contributed by atoms with Gasteiger partial charge in [0.25, 0.3) is 0 Å². The summed E-state index contributed by atoms with van der Waals surface area (Å²) in [6.07, 6.45) is 3.21. The number of aliphatic hydroxyl groups is 1. The first-order chi connectivity index (χ1) is 14.4. The number of Topliss-reactive ketones (excluding diaryl/α,β-unsaturated/α-hetero) is 1. The van der Waals surface area contributed by atoms with Crippen molar-refractivity contribution in [2.24, 2.45) is 11.3 Å². The van der Waals surface area contributed by atoms with Crippen LogP contribution in [0.2, 0.25) is 0 Å². The molecule has 3 rings (SSSR count). The molecule has 2 aliphatic rings. The largest absolute Gasteiger partial charge is 0.469 e. The van der Waals surface area contributed by atoms with E-state index in [1.807, 2.05) is 18.2 Å². The first-order valence-corrected chi connectivity index (χ1v) is 11.0. The summed E-state index contributed by atoms with van der Waals surface area (Å²) in [5, 5.41) is 10.4. The second-order valence-corrected chi connectivity index (χ2v) is 10.2. The van der Waals surface area contributed by atoms with Crippen LogP contribution < -0.4 is 0 Å². The molecule has 1 aromatic carbocycles. The highest BCUT2D eigenvalue weighted by molar-refractivity contribution is 5.99. The molecule has 0 unspecified atom stereocenters. The molecule has 1 aromatic rings. The van der Waals surface area contributed by atoms with Crippen LogP contribution in [-0.2, 0) is 30.1 Å². The molecule has 1 saturated carbocycles. The Hall–Kier alpha value is -2.21. The number of fused-ring (bicyclic) bond motifs is 3. The topological polar surface area (TPSA) is 89.9 Å². The highest BCUT2D eigenvalue weighted by atomic mass is 16.5. The lowest BCUT2D eigenvalue weighted by Crippen LogP contribution is -2.52. The van der Waals surface area contributed by atoms with Gasteiger partial charge in [-0.15, -0.1) is 0 Å². The van der Waals surface area contributed by atoms with E-state index in [2.05, 4.69) is 18.6 Å². The lowest BCUT2D eigenvalue weighted by molar-refractivity contribution is -0.154. The van der Waals surface area contributed by atoms with Crippen LogP contribution in [0.4, 0.5) is 0 Å². The van der Waals surface area contributed by atoms with E-state index in [1.165, 1.54) is 7.11 Å². The summed E-state index contributed by atoms with van der Waals surface area (Å²) in [6, 6.07) is 5.76. The minimum atomic E-state index is -1.01. The van der Waals surface area contributed by atoms with Gasteiger partial charge in [0.05, 0.1) is 32.2 Å². The van der Waals surface area contributed by atoms with Gasteiger partial charge in [-0.3, -0.25) is 14.4 Å². The predicted molar refractivity (Wildman–Crippen MR) is 116 cm³/mol. The van der Waals surface area contributed by atoms with Crippen LogP contribution >= 0.6 is 0 Å². The number of hydrogen-bond acceptors (Lipinski definition) is 6. The molecule has 0 aliphatic heterocycles. The molecule has 0 saturated heterocycles. The maximum atomic E-state index is 13.2. The number of methoxy groups -OCH3 is 1. The van der Waals surface area contributed by atoms with Crippen molar-refractivity contribution in [2.45, 2.75) is 77.2 Å². The summed E-state index contributed by atoms with van der Waals surface area (Å²) in [6.45, 7) is 7.99. The van der Waals surface area contributed by atoms with Gasteiger partial charge in [0, 0.05) is 17.4 Å². The first-order valence-electron chi connectivity index (χ1n) is 11.0. The van der Waals surface area contributed by atoms with Crippen molar-refractivity contribution in [2.75, 3.05) is 13.7 Å². The minimum Gasteiger partial charge on any atom is -0.469 e. The fourth-order valence-electron chi connectivity index (χ4n) is 5.52. The number of hydrogen-bond donors (Lipinski definition) is 1. The normalized spacial score (nSPS) is 27.8. The third-order valence-corrected chi connectivity index (χ3v) is 7.41. The van der Waals surface area contributed by atoms with Crippen molar-refractivity contribution in [3.05, 3.63) is 34.9 Å². The van der Waals surface area contributed by atoms with Gasteiger partial charge < -0.3 is 14.6 Å². The molecular formula is C25H34O6. The van der Waals surface area contributed by atoms with Gasteiger partial charge in [-0.1, -0.05) is 32.4 Å². The van der Waals surface area contributed by atoms with E-state index < -0.39 is 17.5 Å². The molecule has 0 radical (unpaired) electrons. The van der Waals surface area contributed by atoms with E-state index in [-0.39, 0.29) is 42.0 Å². The molecule has 3 atom stereocenters. The molecular weight excluding hydrogens is 396 g/mol. The lowest BCUT2D eigenvalue weighted by atomic mass is 9.49. The molecule has 0 amide bonds. The van der Waals surface area contributed by atoms with Crippen LogP contribution in [0.15, 0.2) is 18.2 Å². The Bertz CT molecular complexity index is 882. The molecule has 0 aromatic heterocycles. The zero-order valence-corrected chi connectivity index (χ0v) is 19.2. The molecule has 6 nitrogen and oxygen atoms in total. The van der Waals surface area contributed by atoms with Crippen LogP contribution in [0.3, 0.4) is 0 Å². The zero-order valence-electron chi connectivity index (χ0n) is 19.2. The van der Waals surface area contributed by atoms with Gasteiger partial charge in [0.2, 0.25) is 0 Å². The van der Waals surface area contributed by atoms with Crippen LogP contribution in [0, 0.1) is 11.3 Å². The Labute approximate surface area is 184 Å². The van der Waals surface area contributed by atoms with Gasteiger partial charge in [-0.2, -0.15) is 0 Å². The molecule has 31 heavy (non-hydrogen) atoms. The van der Waals surface area contributed by atoms with Crippen molar-refractivity contribution in [3.63, 3.8) is 0 Å². The maximum Gasteiger partial charge on any atom is 0.306 e. The van der Waals surface area contributed by atoms with E-state index in [4.69, 9.17) is 4.74 Å². The van der Waals surface area contributed by atoms with Gasteiger partial charge in [-0.05, 0) is 55.2 Å². The van der Waals surface area contributed by atoms with Gasteiger partial charge in [-0.25, -0.2) is 0 Å². The fourth-order valence-corrected chi connectivity index (χ4v) is 5.52. The zero-order chi connectivity index (χ0) is 23.0. The highest BCUT2D eigenvalue weighted by Gasteiger charge is 2.54. The molecule has 0 bridgehead atoms. The molecule has 0 heterocycles. The summed E-state index contributed by atoms with van der Waals surface area (Å²) in [5.74, 6) is -0.728. The molecule has 2 aliphatic carbocycles. The van der Waals surface area contributed by atoms with E-state index >= 15 is 0 Å². The van der Waals surface area contributed by atoms with Crippen molar-refractivity contribution in [1.82, 2.24) is 0 Å². The average molecular weight is 431 g/mol. The number of esters is 2. The SMILES string of the molecule is COC(=O)CCC(=O)OC[C@]1(C)CCC[C@]2(C)c3ccc(C(C)(C)O)cc3C(=O)C[C@@H]12. The third kappa shape index (κ3) is 4.54. The highest BCUT2D eigenvalue weighted by Crippen LogP contribution is 2.57. The smallest absolute Gasteiger partial charge is 0.306 e. The average Bonchev–Trinajstić information content (AvgIpc) is 2.71. The fraction of sp³-hybridized carbons (Fsp3) is 0.640. The van der Waals surface area contributed by atoms with E-state index in [0.29, 0.717) is 12.0 Å². The second kappa shape index (κ2) is 8.38. The molecule has 1 N–H and O–H groups in total. The van der Waals surface area contributed by atoms with Crippen molar-refractivity contribution in [1.29, 1.82) is 0 Å². The van der Waals surface area contributed by atoms with E-state index in [9.17, 15) is 19.5 Å². The number of ether oxygens (including phenoxy) is 2. The molecule has 6 heteroatoms. The standard InChI is InChI=1S/C25H34O6/c1-23(2,29)16-7-8-18-17(13-16)19(26)14-20-24(3,11-6-12-25(18,20)4)15-31-22(28)10-9-21(27)30-5/h7-8,13,20,29H,6,9-12,14-15H2,1-5H3/t20-,24-,25+/m0/s1. The Morgan fingerprint density at radius 3 is 2.48 bits per heavy atom. The Kier molecular flexibility index (Phi) is 6.34. The van der Waals surface area contributed by atoms with Crippen LogP contribution in [0.25, 0.3) is 0 Å². The van der Waals surface area contributed by atoms with Gasteiger partial charge >= 0.3 is 11.9 Å². The number of carbonyl (C=O) groups excluding carboxylic acids is 3. The summed E-state index contributed by atoms with van der Waals surface area (Å²) in [7, 11) is 1.29. The van der Waals surface area contributed by atoms with Crippen LogP contribution in [0.1, 0.15) is 87.7 Å². The number of benzene rings is 1. The monoisotopic (exact) mass is 430 g/mol. The molecule has 170 valence electrons. The lowest BCUT2D eigenvalue weighted by Gasteiger charge is -2.54. The minimum absolute atomic E-state index is 0.00257. The van der Waals surface area contributed by atoms with E-state index in [1.54, 1.807) is 13.8 Å².